The van der Waals surface area contributed by atoms with E-state index in [1.807, 2.05) is 12.1 Å². The lowest BCUT2D eigenvalue weighted by Crippen LogP contribution is -2.27. The fraction of sp³-hybridized carbons (Fsp3) is 0.346. The SMILES string of the molecule is CCCCC[N+]1=C(/C=C/c2cn(C)c3ccc(O)cc23)C(C)(C)c2ccccc21. The number of fused-ring (bicyclic) bond motifs is 2. The molecular weight excluding hydrogens is 356 g/mol. The van der Waals surface area contributed by atoms with Crippen molar-refractivity contribution in [2.24, 2.45) is 7.05 Å². The number of aromatic nitrogens is 1. The number of para-hydroxylation sites is 1. The molecule has 3 nitrogen and oxygen atoms in total. The highest BCUT2D eigenvalue weighted by Crippen LogP contribution is 2.40. The van der Waals surface area contributed by atoms with E-state index < -0.39 is 0 Å². The second kappa shape index (κ2) is 7.55. The van der Waals surface area contributed by atoms with Crippen LogP contribution < -0.4 is 0 Å². The normalized spacial score (nSPS) is 15.6. The lowest BCUT2D eigenvalue weighted by Gasteiger charge is -2.15. The Morgan fingerprint density at radius 3 is 2.66 bits per heavy atom. The molecule has 1 aliphatic heterocycles. The number of hydrogen-bond acceptors (Lipinski definition) is 1. The van der Waals surface area contributed by atoms with Gasteiger partial charge in [-0.25, -0.2) is 0 Å². The van der Waals surface area contributed by atoms with Crippen LogP contribution in [0.3, 0.4) is 0 Å². The molecule has 0 bridgehead atoms. The van der Waals surface area contributed by atoms with E-state index in [-0.39, 0.29) is 5.41 Å². The molecule has 4 rings (SSSR count). The van der Waals surface area contributed by atoms with Crippen molar-refractivity contribution in [3.05, 3.63) is 65.9 Å². The van der Waals surface area contributed by atoms with Crippen molar-refractivity contribution < 1.29 is 9.68 Å². The molecule has 0 saturated carbocycles. The molecular formula is C26H31N2O+. The Balaban J connectivity index is 1.79. The summed E-state index contributed by atoms with van der Waals surface area (Å²) in [5, 5.41) is 11.0. The smallest absolute Gasteiger partial charge is 0.209 e. The third-order valence-corrected chi connectivity index (χ3v) is 6.21. The zero-order chi connectivity index (χ0) is 20.6. The largest absolute Gasteiger partial charge is 0.508 e. The van der Waals surface area contributed by atoms with Crippen LogP contribution in [0.1, 0.15) is 51.2 Å². The first kappa shape index (κ1) is 19.5. The third kappa shape index (κ3) is 3.39. The average molecular weight is 388 g/mol. The summed E-state index contributed by atoms with van der Waals surface area (Å²) in [7, 11) is 2.05. The van der Waals surface area contributed by atoms with Crippen molar-refractivity contribution in [3.8, 4) is 5.75 Å². The first-order valence-corrected chi connectivity index (χ1v) is 10.6. The first-order chi connectivity index (χ1) is 13.9. The van der Waals surface area contributed by atoms with E-state index in [9.17, 15) is 5.11 Å². The highest BCUT2D eigenvalue weighted by molar-refractivity contribution is 6.06. The zero-order valence-electron chi connectivity index (χ0n) is 17.9. The maximum atomic E-state index is 9.96. The number of hydrogen-bond donors (Lipinski definition) is 1. The van der Waals surface area contributed by atoms with Crippen LogP contribution in [0.15, 0.2) is 54.7 Å². The molecule has 150 valence electrons. The Kier molecular flexibility index (Phi) is 5.08. The molecule has 2 aromatic carbocycles. The Morgan fingerprint density at radius 1 is 1.07 bits per heavy atom. The maximum absolute atomic E-state index is 9.96. The zero-order valence-corrected chi connectivity index (χ0v) is 17.9. The summed E-state index contributed by atoms with van der Waals surface area (Å²) in [4.78, 5) is 0. The predicted octanol–water partition coefficient (Wildman–Crippen LogP) is 6.16. The Hall–Kier alpha value is -2.81. The van der Waals surface area contributed by atoms with Crippen molar-refractivity contribution >= 4 is 28.4 Å². The average Bonchev–Trinajstić information content (AvgIpc) is 3.12. The Labute approximate surface area is 173 Å². The number of phenols is 1. The van der Waals surface area contributed by atoms with Gasteiger partial charge < -0.3 is 9.67 Å². The fourth-order valence-corrected chi connectivity index (χ4v) is 4.61. The van der Waals surface area contributed by atoms with Gasteiger partial charge in [0, 0.05) is 53.8 Å². The Bertz CT molecular complexity index is 1110. The summed E-state index contributed by atoms with van der Waals surface area (Å²) in [6.45, 7) is 7.94. The monoisotopic (exact) mass is 387 g/mol. The predicted molar refractivity (Wildman–Crippen MR) is 122 cm³/mol. The molecule has 3 heteroatoms. The van der Waals surface area contributed by atoms with Crippen molar-refractivity contribution in [3.63, 3.8) is 0 Å². The van der Waals surface area contributed by atoms with Crippen LogP contribution in [0.2, 0.25) is 0 Å². The van der Waals surface area contributed by atoms with Gasteiger partial charge in [-0.05, 0) is 44.5 Å². The molecule has 0 aliphatic carbocycles. The lowest BCUT2D eigenvalue weighted by molar-refractivity contribution is -0.438. The second-order valence-electron chi connectivity index (χ2n) is 8.62. The van der Waals surface area contributed by atoms with Crippen molar-refractivity contribution in [1.82, 2.24) is 4.57 Å². The molecule has 1 aliphatic rings. The van der Waals surface area contributed by atoms with E-state index in [1.165, 1.54) is 36.2 Å². The molecule has 2 heterocycles. The number of unbranched alkanes of at least 4 members (excludes halogenated alkanes) is 2. The molecule has 29 heavy (non-hydrogen) atoms. The summed E-state index contributed by atoms with van der Waals surface area (Å²) < 4.78 is 4.62. The van der Waals surface area contributed by atoms with Gasteiger partial charge in [0.15, 0.2) is 5.71 Å². The first-order valence-electron chi connectivity index (χ1n) is 10.6. The molecule has 1 N–H and O–H groups in total. The second-order valence-corrected chi connectivity index (χ2v) is 8.62. The van der Waals surface area contributed by atoms with Crippen LogP contribution in [0.5, 0.6) is 5.75 Å². The molecule has 0 saturated heterocycles. The van der Waals surface area contributed by atoms with Gasteiger partial charge in [0.25, 0.3) is 0 Å². The number of rotatable bonds is 6. The van der Waals surface area contributed by atoms with Crippen LogP contribution >= 0.6 is 0 Å². The highest BCUT2D eigenvalue weighted by atomic mass is 16.3. The van der Waals surface area contributed by atoms with Crippen LogP contribution in [-0.2, 0) is 12.5 Å². The van der Waals surface area contributed by atoms with Crippen LogP contribution in [-0.4, -0.2) is 26.5 Å². The van der Waals surface area contributed by atoms with Crippen molar-refractivity contribution in [2.45, 2.75) is 45.4 Å². The van der Waals surface area contributed by atoms with Gasteiger partial charge in [-0.15, -0.1) is 0 Å². The highest BCUT2D eigenvalue weighted by Gasteiger charge is 2.43. The van der Waals surface area contributed by atoms with Gasteiger partial charge in [0.1, 0.15) is 12.3 Å². The van der Waals surface area contributed by atoms with E-state index in [1.54, 1.807) is 6.07 Å². The van der Waals surface area contributed by atoms with Gasteiger partial charge in [-0.3, -0.25) is 0 Å². The Morgan fingerprint density at radius 2 is 1.86 bits per heavy atom. The molecule has 0 fully saturated rings. The number of aryl methyl sites for hydroxylation is 1. The maximum Gasteiger partial charge on any atom is 0.209 e. The molecule has 0 spiro atoms. The quantitative estimate of drug-likeness (QED) is 0.398. The van der Waals surface area contributed by atoms with E-state index in [4.69, 9.17) is 0 Å². The molecule has 0 amide bonds. The number of benzene rings is 2. The third-order valence-electron chi connectivity index (χ3n) is 6.21. The minimum atomic E-state index is -0.0357. The van der Waals surface area contributed by atoms with Crippen LogP contribution in [0, 0.1) is 0 Å². The van der Waals surface area contributed by atoms with E-state index in [0.29, 0.717) is 5.75 Å². The molecule has 0 atom stereocenters. The van der Waals surface area contributed by atoms with E-state index in [2.05, 4.69) is 79.6 Å². The molecule has 0 radical (unpaired) electrons. The molecule has 1 aromatic heterocycles. The van der Waals surface area contributed by atoms with Crippen LogP contribution in [0.4, 0.5) is 5.69 Å². The molecule has 3 aromatic rings. The van der Waals surface area contributed by atoms with E-state index >= 15 is 0 Å². The van der Waals surface area contributed by atoms with Crippen molar-refractivity contribution in [2.75, 3.05) is 6.54 Å². The minimum Gasteiger partial charge on any atom is -0.508 e. The fourth-order valence-electron chi connectivity index (χ4n) is 4.61. The summed E-state index contributed by atoms with van der Waals surface area (Å²) in [5.41, 5.74) is 6.29. The van der Waals surface area contributed by atoms with Gasteiger partial charge in [-0.1, -0.05) is 31.5 Å². The summed E-state index contributed by atoms with van der Waals surface area (Å²) >= 11 is 0. The summed E-state index contributed by atoms with van der Waals surface area (Å²) in [6, 6.07) is 14.4. The number of nitrogens with zero attached hydrogens (tertiary/aromatic N) is 2. The van der Waals surface area contributed by atoms with Gasteiger partial charge >= 0.3 is 0 Å². The van der Waals surface area contributed by atoms with Gasteiger partial charge in [0.05, 0.1) is 5.41 Å². The van der Waals surface area contributed by atoms with E-state index in [0.717, 1.165) is 23.0 Å². The van der Waals surface area contributed by atoms with Gasteiger partial charge in [0.2, 0.25) is 5.69 Å². The van der Waals surface area contributed by atoms with Crippen molar-refractivity contribution in [1.29, 1.82) is 0 Å². The summed E-state index contributed by atoms with van der Waals surface area (Å²) in [5.74, 6) is 0.306. The summed E-state index contributed by atoms with van der Waals surface area (Å²) in [6.07, 6.45) is 10.3. The standard InChI is InChI=1S/C26H30N2O/c1-5-6-9-16-28-24-11-8-7-10-22(24)26(2,3)25(28)15-12-19-18-27(4)23-14-13-20(29)17-21(19)23/h7-8,10-15,17-18H,5-6,9,16H2,1-4H3/p+1. The van der Waals surface area contributed by atoms with Crippen LogP contribution in [0.25, 0.3) is 17.0 Å². The number of aromatic hydroxyl groups is 1. The van der Waals surface area contributed by atoms with Gasteiger partial charge in [-0.2, -0.15) is 4.58 Å². The number of phenolic OH excluding ortho intramolecular Hbond substituents is 1. The number of allylic oxidation sites excluding steroid dienone is 1. The minimum absolute atomic E-state index is 0.0357. The lowest BCUT2D eigenvalue weighted by atomic mass is 9.81. The topological polar surface area (TPSA) is 28.2 Å². The molecule has 0 unspecified atom stereocenters.